The highest BCUT2D eigenvalue weighted by molar-refractivity contribution is 5.97. The van der Waals surface area contributed by atoms with Gasteiger partial charge in [0, 0.05) is 0 Å². The summed E-state index contributed by atoms with van der Waals surface area (Å²) in [6.45, 7) is 5.21. The molecule has 1 rings (SSSR count). The van der Waals surface area contributed by atoms with Crippen LogP contribution in [-0.2, 0) is 16.0 Å². The maximum absolute atomic E-state index is 11.1. The highest BCUT2D eigenvalue weighted by Gasteiger charge is 2.11. The van der Waals surface area contributed by atoms with Crippen molar-refractivity contribution in [3.63, 3.8) is 0 Å². The maximum atomic E-state index is 11.1. The van der Waals surface area contributed by atoms with Crippen LogP contribution in [0, 0.1) is 0 Å². The van der Waals surface area contributed by atoms with Crippen molar-refractivity contribution in [1.29, 1.82) is 0 Å². The Balaban J connectivity index is 3.23. The zero-order chi connectivity index (χ0) is 14.6. The third-order valence-electron chi connectivity index (χ3n) is 3.05. The molecule has 0 spiro atoms. The van der Waals surface area contributed by atoms with E-state index in [0.29, 0.717) is 0 Å². The number of hydrogen-bond donors (Lipinski definition) is 0. The Labute approximate surface area is 112 Å². The number of carbonyl (C=O) groups excluding carboxylic acids is 2. The number of benzene rings is 1. The van der Waals surface area contributed by atoms with Gasteiger partial charge in [-0.15, -0.1) is 0 Å². The second-order valence-electron chi connectivity index (χ2n) is 4.71. The monoisotopic (exact) mass is 260 g/mol. The van der Waals surface area contributed by atoms with Crippen LogP contribution in [0.1, 0.15) is 37.8 Å². The van der Waals surface area contributed by atoms with Gasteiger partial charge in [-0.3, -0.25) is 0 Å². The predicted octanol–water partition coefficient (Wildman–Crippen LogP) is 0.169. The highest BCUT2D eigenvalue weighted by atomic mass is 16.4. The van der Waals surface area contributed by atoms with Crippen LogP contribution < -0.4 is 10.2 Å². The Morgan fingerprint density at radius 2 is 1.68 bits per heavy atom. The molecule has 0 radical (unpaired) electrons. The topological polar surface area (TPSA) is 80.3 Å². The smallest absolute Gasteiger partial charge is 0.0681 e. The van der Waals surface area contributed by atoms with Crippen LogP contribution in [0.3, 0.4) is 0 Å². The molecule has 0 aliphatic heterocycles. The van der Waals surface area contributed by atoms with Crippen molar-refractivity contribution < 1.29 is 19.8 Å². The number of aliphatic carboxylic acids is 2. The highest BCUT2D eigenvalue weighted by Crippen LogP contribution is 2.22. The average molecular weight is 260 g/mol. The van der Waals surface area contributed by atoms with Crippen LogP contribution in [0.15, 0.2) is 35.4 Å². The van der Waals surface area contributed by atoms with Crippen molar-refractivity contribution in [3.8, 4) is 0 Å². The summed E-state index contributed by atoms with van der Waals surface area (Å²) in [6.07, 6.45) is 0.0243. The Kier molecular flexibility index (Phi) is 4.87. The van der Waals surface area contributed by atoms with E-state index in [1.54, 1.807) is 12.1 Å². The molecule has 0 saturated heterocycles. The van der Waals surface area contributed by atoms with Crippen molar-refractivity contribution in [2.75, 3.05) is 0 Å². The third-order valence-corrected chi connectivity index (χ3v) is 3.05. The number of carboxylic acids is 2. The van der Waals surface area contributed by atoms with Crippen LogP contribution >= 0.6 is 0 Å². The first kappa shape index (κ1) is 15.0. The molecule has 1 aromatic rings. The maximum Gasteiger partial charge on any atom is 0.0681 e. The van der Waals surface area contributed by atoms with Gasteiger partial charge in [-0.1, -0.05) is 38.1 Å². The van der Waals surface area contributed by atoms with Crippen molar-refractivity contribution in [3.05, 3.63) is 46.5 Å². The summed E-state index contributed by atoms with van der Waals surface area (Å²) in [5.74, 6) is -2.73. The van der Waals surface area contributed by atoms with E-state index >= 15 is 0 Å². The molecule has 4 heteroatoms. The molecule has 0 saturated carbocycles. The zero-order valence-corrected chi connectivity index (χ0v) is 11.2. The van der Waals surface area contributed by atoms with Gasteiger partial charge in [0.15, 0.2) is 0 Å². The van der Waals surface area contributed by atoms with Crippen LogP contribution in [0.2, 0.25) is 0 Å². The second-order valence-corrected chi connectivity index (χ2v) is 4.71. The molecule has 102 valence electrons. The molecule has 1 aromatic carbocycles. The molecular weight excluding hydrogens is 244 g/mol. The van der Waals surface area contributed by atoms with Crippen molar-refractivity contribution in [2.24, 2.45) is 0 Å². The normalized spacial score (nSPS) is 12.2. The molecule has 4 nitrogen and oxygen atoms in total. The van der Waals surface area contributed by atoms with Gasteiger partial charge in [-0.25, -0.2) is 0 Å². The number of carboxylic acid groups (broad SMARTS) is 2. The number of hydrogen-bond acceptors (Lipinski definition) is 4. The van der Waals surface area contributed by atoms with E-state index in [0.717, 1.165) is 11.1 Å². The molecule has 0 bridgehead atoms. The Morgan fingerprint density at radius 1 is 1.11 bits per heavy atom. The average Bonchev–Trinajstić information content (AvgIpc) is 2.34. The lowest BCUT2D eigenvalue weighted by Crippen LogP contribution is -2.32. The fourth-order valence-electron chi connectivity index (χ4n) is 1.93. The first-order valence-electron chi connectivity index (χ1n) is 6.04. The largest absolute Gasteiger partial charge is 0.545 e. The van der Waals surface area contributed by atoms with Gasteiger partial charge in [-0.2, -0.15) is 0 Å². The minimum absolute atomic E-state index is 0.0243. The van der Waals surface area contributed by atoms with Gasteiger partial charge in [0.2, 0.25) is 0 Å². The van der Waals surface area contributed by atoms with E-state index in [2.05, 4.69) is 0 Å². The number of rotatable bonds is 5. The quantitative estimate of drug-likeness (QED) is 0.707. The summed E-state index contributed by atoms with van der Waals surface area (Å²) >= 11 is 0. The summed E-state index contributed by atoms with van der Waals surface area (Å²) in [6, 6.07) is 7.36. The molecule has 0 N–H and O–H groups in total. The fourth-order valence-corrected chi connectivity index (χ4v) is 1.93. The molecule has 0 aromatic heterocycles. The summed E-state index contributed by atoms with van der Waals surface area (Å²) in [7, 11) is 0. The lowest BCUT2D eigenvalue weighted by molar-refractivity contribution is -0.304. The van der Waals surface area contributed by atoms with E-state index in [4.69, 9.17) is 0 Å². The van der Waals surface area contributed by atoms with Crippen molar-refractivity contribution in [2.45, 2.75) is 33.1 Å². The van der Waals surface area contributed by atoms with E-state index < -0.39 is 11.9 Å². The van der Waals surface area contributed by atoms with Crippen molar-refractivity contribution in [1.82, 2.24) is 0 Å². The minimum atomic E-state index is -1.48. The summed E-state index contributed by atoms with van der Waals surface area (Å²) in [4.78, 5) is 21.9. The van der Waals surface area contributed by atoms with E-state index in [9.17, 15) is 19.8 Å². The lowest BCUT2D eigenvalue weighted by Gasteiger charge is -2.18. The van der Waals surface area contributed by atoms with E-state index in [1.165, 1.54) is 6.92 Å². The SMILES string of the molecule is C/C(C(=O)[O-])=C(\Cc1ccccc1C(C)C)C(=O)[O-]. The first-order valence-corrected chi connectivity index (χ1v) is 6.04. The van der Waals surface area contributed by atoms with Crippen LogP contribution in [0.4, 0.5) is 0 Å². The molecule has 0 amide bonds. The molecule has 0 fully saturated rings. The van der Waals surface area contributed by atoms with Gasteiger partial charge in [0.05, 0.1) is 11.9 Å². The summed E-state index contributed by atoms with van der Waals surface area (Å²) < 4.78 is 0. The van der Waals surface area contributed by atoms with Crippen molar-refractivity contribution >= 4 is 11.9 Å². The van der Waals surface area contributed by atoms with E-state index in [-0.39, 0.29) is 23.5 Å². The summed E-state index contributed by atoms with van der Waals surface area (Å²) in [5, 5.41) is 21.9. The van der Waals surface area contributed by atoms with Crippen LogP contribution in [0.25, 0.3) is 0 Å². The lowest BCUT2D eigenvalue weighted by atomic mass is 9.91. The Morgan fingerprint density at radius 3 is 2.16 bits per heavy atom. The Bertz CT molecular complexity index is 527. The molecule has 0 atom stereocenters. The van der Waals surface area contributed by atoms with Gasteiger partial charge in [0.1, 0.15) is 0 Å². The van der Waals surface area contributed by atoms with Gasteiger partial charge in [-0.05, 0) is 41.5 Å². The standard InChI is InChI=1S/C15H18O4/c1-9(2)12-7-5-4-6-11(12)8-13(15(18)19)10(3)14(16)17/h4-7,9H,8H2,1-3H3,(H,16,17)(H,18,19)/p-2/b13-10-. The van der Waals surface area contributed by atoms with Gasteiger partial charge in [0.25, 0.3) is 0 Å². The fraction of sp³-hybridized carbons (Fsp3) is 0.333. The molecule has 0 heterocycles. The molecular formula is C15H16O4-2. The first-order chi connectivity index (χ1) is 8.84. The number of carbonyl (C=O) groups is 2. The predicted molar refractivity (Wildman–Crippen MR) is 66.9 cm³/mol. The van der Waals surface area contributed by atoms with Gasteiger partial charge < -0.3 is 19.8 Å². The molecule has 0 unspecified atom stereocenters. The van der Waals surface area contributed by atoms with Crippen LogP contribution in [0.5, 0.6) is 0 Å². The van der Waals surface area contributed by atoms with Gasteiger partial charge >= 0.3 is 0 Å². The second kappa shape index (κ2) is 6.18. The minimum Gasteiger partial charge on any atom is -0.545 e. The molecule has 0 aliphatic carbocycles. The van der Waals surface area contributed by atoms with Crippen LogP contribution in [-0.4, -0.2) is 11.9 Å². The molecule has 19 heavy (non-hydrogen) atoms. The zero-order valence-electron chi connectivity index (χ0n) is 11.2. The summed E-state index contributed by atoms with van der Waals surface area (Å²) in [5.41, 5.74) is 1.25. The Hall–Kier alpha value is -2.10. The third kappa shape index (κ3) is 3.68. The van der Waals surface area contributed by atoms with E-state index in [1.807, 2.05) is 26.0 Å². The molecule has 0 aliphatic rings.